The second-order valence-electron chi connectivity index (χ2n) is 3.15. The average Bonchev–Trinajstić information content (AvgIpc) is 2.28. The van der Waals surface area contributed by atoms with Crippen molar-refractivity contribution in [3.8, 4) is 0 Å². The van der Waals surface area contributed by atoms with Gasteiger partial charge >= 0.3 is 7.82 Å². The van der Waals surface area contributed by atoms with E-state index < -0.39 is 38.8 Å². The zero-order valence-electron chi connectivity index (χ0n) is 7.48. The van der Waals surface area contributed by atoms with Crippen molar-refractivity contribution in [1.82, 2.24) is 0 Å². The highest BCUT2D eigenvalue weighted by Gasteiger charge is 2.41. The van der Waals surface area contributed by atoms with E-state index in [0.717, 1.165) is 0 Å². The molecule has 1 aliphatic heterocycles. The van der Waals surface area contributed by atoms with E-state index in [9.17, 15) is 14.8 Å². The molecule has 0 aromatic rings. The second-order valence-corrected chi connectivity index (χ2v) is 4.39. The Morgan fingerprint density at radius 3 is 2.29 bits per heavy atom. The molecule has 8 heteroatoms. The van der Waals surface area contributed by atoms with Gasteiger partial charge in [-0.25, -0.2) is 4.57 Å². The third-order valence-corrected chi connectivity index (χ3v) is 2.49. The van der Waals surface area contributed by atoms with Gasteiger partial charge in [0.05, 0.1) is 12.7 Å². The maximum Gasteiger partial charge on any atom is 0.469 e. The van der Waals surface area contributed by atoms with Crippen LogP contribution in [0, 0.1) is 0 Å². The quantitative estimate of drug-likeness (QED) is 0.439. The molecule has 4 N–H and O–H groups in total. The van der Waals surface area contributed by atoms with Crippen LogP contribution >= 0.6 is 7.82 Å². The zero-order valence-corrected chi connectivity index (χ0v) is 8.37. The standard InChI is InChI=1S/C6H13O7P/c1-3-5(7)6(8)4(13-3)2-12-14(9,10)11/h3-8H,2H2,1H3,(H2,9,10,11)/t3-,4+,5?,6?/m0/s1. The Bertz CT molecular complexity index is 238. The fourth-order valence-electron chi connectivity index (χ4n) is 1.24. The number of aliphatic hydroxyl groups excluding tert-OH is 2. The molecule has 2 unspecified atom stereocenters. The summed E-state index contributed by atoms with van der Waals surface area (Å²) in [5, 5.41) is 18.6. The van der Waals surface area contributed by atoms with Gasteiger partial charge in [0.25, 0.3) is 0 Å². The summed E-state index contributed by atoms with van der Waals surface area (Å²) >= 11 is 0. The molecule has 0 aromatic heterocycles. The Kier molecular flexibility index (Phi) is 3.65. The predicted molar refractivity (Wildman–Crippen MR) is 44.3 cm³/mol. The normalized spacial score (nSPS) is 38.9. The Morgan fingerprint density at radius 1 is 1.36 bits per heavy atom. The van der Waals surface area contributed by atoms with Gasteiger partial charge in [-0.15, -0.1) is 0 Å². The van der Waals surface area contributed by atoms with Crippen LogP contribution < -0.4 is 0 Å². The summed E-state index contributed by atoms with van der Waals surface area (Å²) in [6, 6.07) is 0. The lowest BCUT2D eigenvalue weighted by Crippen LogP contribution is -2.33. The Labute approximate surface area is 80.5 Å². The van der Waals surface area contributed by atoms with Gasteiger partial charge in [-0.05, 0) is 6.92 Å². The van der Waals surface area contributed by atoms with E-state index in [1.54, 1.807) is 6.92 Å². The number of hydrogen-bond acceptors (Lipinski definition) is 5. The molecule has 1 heterocycles. The maximum atomic E-state index is 10.3. The number of rotatable bonds is 3. The lowest BCUT2D eigenvalue weighted by atomic mass is 10.1. The molecular weight excluding hydrogens is 215 g/mol. The summed E-state index contributed by atoms with van der Waals surface area (Å²) in [6.45, 7) is 1.10. The molecule has 0 saturated carbocycles. The molecule has 84 valence electrons. The van der Waals surface area contributed by atoms with Gasteiger partial charge in [0, 0.05) is 0 Å². The maximum absolute atomic E-state index is 10.3. The van der Waals surface area contributed by atoms with E-state index in [0.29, 0.717) is 0 Å². The Morgan fingerprint density at radius 2 is 1.93 bits per heavy atom. The first kappa shape index (κ1) is 12.1. The summed E-state index contributed by atoms with van der Waals surface area (Å²) in [7, 11) is -4.56. The molecule has 4 atom stereocenters. The Hall–Kier alpha value is -0.0100. The van der Waals surface area contributed by atoms with Gasteiger partial charge in [0.2, 0.25) is 0 Å². The lowest BCUT2D eigenvalue weighted by Gasteiger charge is -2.14. The molecular formula is C6H13O7P. The molecule has 1 aliphatic rings. The van der Waals surface area contributed by atoms with Gasteiger partial charge in [-0.3, -0.25) is 4.52 Å². The first-order valence-corrected chi connectivity index (χ1v) is 5.56. The number of hydrogen-bond donors (Lipinski definition) is 4. The van der Waals surface area contributed by atoms with Crippen molar-refractivity contribution in [2.24, 2.45) is 0 Å². The van der Waals surface area contributed by atoms with Crippen LogP contribution in [-0.4, -0.2) is 51.0 Å². The molecule has 0 radical (unpaired) electrons. The molecule has 7 nitrogen and oxygen atoms in total. The second kappa shape index (κ2) is 4.24. The SMILES string of the molecule is C[C@@H]1O[C@H](COP(=O)(O)O)C(O)C1O. The Balaban J connectivity index is 2.44. The van der Waals surface area contributed by atoms with Crippen LogP contribution in [0.5, 0.6) is 0 Å². The van der Waals surface area contributed by atoms with Gasteiger partial charge in [0.15, 0.2) is 0 Å². The zero-order chi connectivity index (χ0) is 10.9. The van der Waals surface area contributed by atoms with Crippen LogP contribution in [0.1, 0.15) is 6.92 Å². The van der Waals surface area contributed by atoms with E-state index in [-0.39, 0.29) is 0 Å². The van der Waals surface area contributed by atoms with E-state index in [1.165, 1.54) is 0 Å². The smallest absolute Gasteiger partial charge is 0.388 e. The minimum Gasteiger partial charge on any atom is -0.388 e. The van der Waals surface area contributed by atoms with Crippen LogP contribution in [0.15, 0.2) is 0 Å². The molecule has 0 aliphatic carbocycles. The highest BCUT2D eigenvalue weighted by Crippen LogP contribution is 2.37. The summed E-state index contributed by atoms with van der Waals surface area (Å²) in [5.74, 6) is 0. The molecule has 0 bridgehead atoms. The molecule has 1 fully saturated rings. The largest absolute Gasteiger partial charge is 0.469 e. The number of phosphoric acid groups is 1. The molecule has 0 amide bonds. The van der Waals surface area contributed by atoms with Crippen molar-refractivity contribution in [2.75, 3.05) is 6.61 Å². The molecule has 0 aromatic carbocycles. The van der Waals surface area contributed by atoms with E-state index in [4.69, 9.17) is 14.5 Å². The fraction of sp³-hybridized carbons (Fsp3) is 1.00. The van der Waals surface area contributed by atoms with Crippen molar-refractivity contribution < 1.29 is 33.8 Å². The highest BCUT2D eigenvalue weighted by atomic mass is 31.2. The van der Waals surface area contributed by atoms with Crippen LogP contribution in [-0.2, 0) is 13.8 Å². The molecule has 14 heavy (non-hydrogen) atoms. The van der Waals surface area contributed by atoms with E-state index >= 15 is 0 Å². The van der Waals surface area contributed by atoms with Crippen molar-refractivity contribution in [3.63, 3.8) is 0 Å². The lowest BCUT2D eigenvalue weighted by molar-refractivity contribution is -0.0169. The van der Waals surface area contributed by atoms with E-state index in [1.807, 2.05) is 0 Å². The number of aliphatic hydroxyl groups is 2. The molecule has 0 spiro atoms. The third-order valence-electron chi connectivity index (χ3n) is 2.01. The van der Waals surface area contributed by atoms with Crippen LogP contribution in [0.2, 0.25) is 0 Å². The van der Waals surface area contributed by atoms with Crippen molar-refractivity contribution >= 4 is 7.82 Å². The van der Waals surface area contributed by atoms with Crippen LogP contribution in [0.25, 0.3) is 0 Å². The van der Waals surface area contributed by atoms with Gasteiger partial charge < -0.3 is 24.7 Å². The van der Waals surface area contributed by atoms with Crippen molar-refractivity contribution in [1.29, 1.82) is 0 Å². The van der Waals surface area contributed by atoms with Gasteiger partial charge in [-0.2, -0.15) is 0 Å². The van der Waals surface area contributed by atoms with Crippen molar-refractivity contribution in [3.05, 3.63) is 0 Å². The predicted octanol–water partition coefficient (Wildman–Crippen LogP) is -1.40. The van der Waals surface area contributed by atoms with Gasteiger partial charge in [0.1, 0.15) is 18.3 Å². The van der Waals surface area contributed by atoms with Crippen LogP contribution in [0.4, 0.5) is 0 Å². The average molecular weight is 228 g/mol. The minimum atomic E-state index is -4.56. The monoisotopic (exact) mass is 228 g/mol. The summed E-state index contributed by atoms with van der Waals surface area (Å²) in [4.78, 5) is 16.8. The number of phosphoric ester groups is 1. The van der Waals surface area contributed by atoms with Gasteiger partial charge in [-0.1, -0.05) is 0 Å². The van der Waals surface area contributed by atoms with E-state index in [2.05, 4.69) is 4.52 Å². The van der Waals surface area contributed by atoms with Crippen LogP contribution in [0.3, 0.4) is 0 Å². The molecule has 1 rings (SSSR count). The topological polar surface area (TPSA) is 116 Å². The highest BCUT2D eigenvalue weighted by molar-refractivity contribution is 7.46. The summed E-state index contributed by atoms with van der Waals surface area (Å²) in [5.41, 5.74) is 0. The summed E-state index contributed by atoms with van der Waals surface area (Å²) in [6.07, 6.45) is -3.72. The minimum absolute atomic E-state index is 0.452. The fourth-order valence-corrected chi connectivity index (χ4v) is 1.58. The first-order chi connectivity index (χ1) is 6.31. The third kappa shape index (κ3) is 2.99. The summed E-state index contributed by atoms with van der Waals surface area (Å²) < 4.78 is 19.5. The van der Waals surface area contributed by atoms with Crippen molar-refractivity contribution in [2.45, 2.75) is 31.3 Å². The number of ether oxygens (including phenoxy) is 1. The first-order valence-electron chi connectivity index (χ1n) is 4.03. The molecule has 1 saturated heterocycles.